The quantitative estimate of drug-likeness (QED) is 0.232. The van der Waals surface area contributed by atoms with Crippen molar-refractivity contribution in [3.8, 4) is 11.5 Å². The van der Waals surface area contributed by atoms with Crippen LogP contribution in [0.1, 0.15) is 41.6 Å². The van der Waals surface area contributed by atoms with Crippen LogP contribution < -0.4 is 14.4 Å². The number of hydrogen-bond acceptors (Lipinski definition) is 6. The Kier molecular flexibility index (Phi) is 9.93. The van der Waals surface area contributed by atoms with E-state index in [2.05, 4.69) is 15.9 Å². The van der Waals surface area contributed by atoms with Crippen molar-refractivity contribution < 1.29 is 54.9 Å². The first-order valence-corrected chi connectivity index (χ1v) is 13.2. The second-order valence-corrected chi connectivity index (χ2v) is 9.84. The molecule has 0 saturated carbocycles. The lowest BCUT2D eigenvalue weighted by atomic mass is 9.90. The fourth-order valence-electron chi connectivity index (χ4n) is 4.65. The Labute approximate surface area is 240 Å². The number of amides is 2. The number of halogens is 7. The third-order valence-electron chi connectivity index (χ3n) is 6.44. The highest BCUT2D eigenvalue weighted by atomic mass is 79.9. The Hall–Kier alpha value is -3.36. The Morgan fingerprint density at radius 2 is 1.51 bits per heavy atom. The molecule has 226 valence electrons. The number of nitrogens with zero attached hydrogens (tertiary/aromatic N) is 2. The molecule has 0 aromatic heterocycles. The average Bonchev–Trinajstić information content (AvgIpc) is 2.91. The van der Waals surface area contributed by atoms with Gasteiger partial charge in [0.15, 0.2) is 11.5 Å². The molecule has 1 heterocycles. The molecular formula is C26H27BrF6N2O6. The van der Waals surface area contributed by atoms with Gasteiger partial charge in [0.1, 0.15) is 6.61 Å². The van der Waals surface area contributed by atoms with Crippen molar-refractivity contribution in [3.63, 3.8) is 0 Å². The monoisotopic (exact) mass is 656 g/mol. The topological polar surface area (TPSA) is 77.5 Å². The van der Waals surface area contributed by atoms with Crippen molar-refractivity contribution in [1.29, 1.82) is 0 Å². The maximum absolute atomic E-state index is 13.5. The largest absolute Gasteiger partial charge is 0.493 e. The summed E-state index contributed by atoms with van der Waals surface area (Å²) in [6, 6.07) is 2.49. The van der Waals surface area contributed by atoms with Crippen molar-refractivity contribution in [2.75, 3.05) is 38.2 Å². The molecule has 15 heteroatoms. The molecule has 2 atom stereocenters. The van der Waals surface area contributed by atoms with Crippen molar-refractivity contribution in [2.45, 2.75) is 44.3 Å². The van der Waals surface area contributed by atoms with Crippen LogP contribution in [-0.4, -0.2) is 56.4 Å². The molecule has 2 amide bonds. The summed E-state index contributed by atoms with van der Waals surface area (Å²) < 4.78 is 102. The van der Waals surface area contributed by atoms with E-state index in [1.807, 2.05) is 0 Å². The minimum atomic E-state index is -5.07. The Bertz CT molecular complexity index is 1240. The van der Waals surface area contributed by atoms with Gasteiger partial charge < -0.3 is 18.9 Å². The van der Waals surface area contributed by atoms with Gasteiger partial charge in [0, 0.05) is 29.5 Å². The third kappa shape index (κ3) is 7.11. The van der Waals surface area contributed by atoms with Gasteiger partial charge in [-0.3, -0.25) is 9.80 Å². The van der Waals surface area contributed by atoms with Crippen LogP contribution in [-0.2, 0) is 28.4 Å². The standard InChI is InChI=1S/C26H27BrF6N2O6/c1-14-7-19(18-11-21(38-2)22(39-3)12-20(18)35(14)24(37)41-6-5-27)34(23(36)40-4)13-15-8-16(25(28,29)30)10-17(9-15)26(31,32)33/h8-12,14,19H,5-7,13H2,1-4H3/t14-,19+/m1/s1. The minimum absolute atomic E-state index is 0.0114. The van der Waals surface area contributed by atoms with Gasteiger partial charge in [0.25, 0.3) is 0 Å². The number of fused-ring (bicyclic) bond motifs is 1. The second-order valence-electron chi connectivity index (χ2n) is 9.05. The van der Waals surface area contributed by atoms with Crippen LogP contribution in [0.15, 0.2) is 30.3 Å². The van der Waals surface area contributed by atoms with Crippen LogP contribution in [0, 0.1) is 0 Å². The van der Waals surface area contributed by atoms with E-state index in [9.17, 15) is 35.9 Å². The third-order valence-corrected chi connectivity index (χ3v) is 6.77. The summed E-state index contributed by atoms with van der Waals surface area (Å²) in [6.07, 6.45) is -11.8. The lowest BCUT2D eigenvalue weighted by Crippen LogP contribution is -2.47. The van der Waals surface area contributed by atoms with Crippen LogP contribution in [0.25, 0.3) is 0 Å². The van der Waals surface area contributed by atoms with Crippen LogP contribution in [0.5, 0.6) is 11.5 Å². The normalized spacial score (nSPS) is 17.0. The number of hydrogen-bond donors (Lipinski definition) is 0. The van der Waals surface area contributed by atoms with Gasteiger partial charge >= 0.3 is 24.5 Å². The maximum Gasteiger partial charge on any atom is 0.416 e. The van der Waals surface area contributed by atoms with Crippen molar-refractivity contribution in [1.82, 2.24) is 4.90 Å². The summed E-state index contributed by atoms with van der Waals surface area (Å²) in [4.78, 5) is 28.4. The fourth-order valence-corrected chi connectivity index (χ4v) is 4.81. The lowest BCUT2D eigenvalue weighted by molar-refractivity contribution is -0.143. The van der Waals surface area contributed by atoms with E-state index in [0.29, 0.717) is 23.0 Å². The van der Waals surface area contributed by atoms with Gasteiger partial charge in [-0.25, -0.2) is 9.59 Å². The molecule has 3 rings (SSSR count). The Morgan fingerprint density at radius 1 is 0.951 bits per heavy atom. The second kappa shape index (κ2) is 12.7. The molecule has 8 nitrogen and oxygen atoms in total. The summed E-state index contributed by atoms with van der Waals surface area (Å²) in [5.41, 5.74) is -2.90. The zero-order valence-corrected chi connectivity index (χ0v) is 23.9. The maximum atomic E-state index is 13.5. The van der Waals surface area contributed by atoms with E-state index < -0.39 is 59.9 Å². The summed E-state index contributed by atoms with van der Waals surface area (Å²) in [7, 11) is 3.76. The van der Waals surface area contributed by atoms with Gasteiger partial charge in [0.05, 0.1) is 44.2 Å². The number of rotatable bonds is 7. The molecule has 1 aliphatic rings. The van der Waals surface area contributed by atoms with E-state index in [1.54, 1.807) is 6.92 Å². The van der Waals surface area contributed by atoms with Crippen LogP contribution in [0.3, 0.4) is 0 Å². The van der Waals surface area contributed by atoms with Crippen molar-refractivity contribution >= 4 is 33.8 Å². The highest BCUT2D eigenvalue weighted by Gasteiger charge is 2.41. The van der Waals surface area contributed by atoms with Crippen LogP contribution >= 0.6 is 15.9 Å². The predicted molar refractivity (Wildman–Crippen MR) is 138 cm³/mol. The molecule has 2 aromatic carbocycles. The highest BCUT2D eigenvalue weighted by Crippen LogP contribution is 2.47. The van der Waals surface area contributed by atoms with E-state index in [0.717, 1.165) is 12.0 Å². The first kappa shape index (κ1) is 32.2. The van der Waals surface area contributed by atoms with E-state index in [-0.39, 0.29) is 36.3 Å². The van der Waals surface area contributed by atoms with E-state index >= 15 is 0 Å². The summed E-state index contributed by atoms with van der Waals surface area (Å²) >= 11 is 3.18. The number of carbonyl (C=O) groups is 2. The molecule has 0 bridgehead atoms. The molecule has 0 unspecified atom stereocenters. The zero-order chi connectivity index (χ0) is 30.7. The average molecular weight is 657 g/mol. The molecule has 0 saturated heterocycles. The molecule has 1 aliphatic heterocycles. The van der Waals surface area contributed by atoms with Crippen LogP contribution in [0.4, 0.5) is 41.6 Å². The molecule has 0 fully saturated rings. The van der Waals surface area contributed by atoms with Crippen molar-refractivity contribution in [2.24, 2.45) is 0 Å². The highest BCUT2D eigenvalue weighted by molar-refractivity contribution is 9.09. The molecule has 0 spiro atoms. The van der Waals surface area contributed by atoms with Gasteiger partial charge in [-0.2, -0.15) is 26.3 Å². The number of anilines is 1. The number of carbonyl (C=O) groups excluding carboxylic acids is 2. The zero-order valence-electron chi connectivity index (χ0n) is 22.4. The molecular weight excluding hydrogens is 630 g/mol. The SMILES string of the molecule is COC(=O)N(Cc1cc(C(F)(F)F)cc(C(F)(F)F)c1)[C@H]1C[C@@H](C)N(C(=O)OCCBr)c2cc(OC)c(OC)cc21. The molecule has 2 aromatic rings. The molecule has 0 aliphatic carbocycles. The first-order chi connectivity index (χ1) is 19.2. The smallest absolute Gasteiger partial charge is 0.416 e. The number of methoxy groups -OCH3 is 3. The van der Waals surface area contributed by atoms with Gasteiger partial charge in [-0.05, 0) is 43.2 Å². The summed E-state index contributed by atoms with van der Waals surface area (Å²) in [5, 5.41) is 0.370. The van der Waals surface area contributed by atoms with Crippen molar-refractivity contribution in [3.05, 3.63) is 52.6 Å². The first-order valence-electron chi connectivity index (χ1n) is 12.1. The molecule has 41 heavy (non-hydrogen) atoms. The number of alkyl halides is 7. The minimum Gasteiger partial charge on any atom is -0.493 e. The van der Waals surface area contributed by atoms with Crippen LogP contribution in [0.2, 0.25) is 0 Å². The van der Waals surface area contributed by atoms with Gasteiger partial charge in [-0.1, -0.05) is 15.9 Å². The Morgan fingerprint density at radius 3 is 2.00 bits per heavy atom. The lowest BCUT2D eigenvalue weighted by Gasteiger charge is -2.42. The number of benzene rings is 2. The van der Waals surface area contributed by atoms with E-state index in [4.69, 9.17) is 18.9 Å². The van der Waals surface area contributed by atoms with Gasteiger partial charge in [0.2, 0.25) is 0 Å². The predicted octanol–water partition coefficient (Wildman–Crippen LogP) is 7.18. The summed E-state index contributed by atoms with van der Waals surface area (Å²) in [6.45, 7) is 1.04. The number of ether oxygens (including phenoxy) is 4. The van der Waals surface area contributed by atoms with Gasteiger partial charge in [-0.15, -0.1) is 0 Å². The Balaban J connectivity index is 2.19. The molecule has 0 N–H and O–H groups in total. The summed E-state index contributed by atoms with van der Waals surface area (Å²) in [5.74, 6) is 0.442. The fraction of sp³-hybridized carbons (Fsp3) is 0.462. The van der Waals surface area contributed by atoms with E-state index in [1.165, 1.54) is 31.3 Å². The molecule has 0 radical (unpaired) electrons.